The van der Waals surface area contributed by atoms with Gasteiger partial charge in [-0.15, -0.1) is 12.4 Å². The minimum atomic E-state index is -0.226. The highest BCUT2D eigenvalue weighted by Gasteiger charge is 2.14. The summed E-state index contributed by atoms with van der Waals surface area (Å²) in [6, 6.07) is 6.60. The Kier molecular flexibility index (Phi) is 4.85. The zero-order chi connectivity index (χ0) is 9.80. The minimum Gasteiger partial charge on any atom is -0.492 e. The Morgan fingerprint density at radius 1 is 1.33 bits per heavy atom. The predicted octanol–water partition coefficient (Wildman–Crippen LogP) is 2.38. The van der Waals surface area contributed by atoms with Crippen LogP contribution in [0.15, 0.2) is 24.3 Å². The highest BCUT2D eigenvalue weighted by Crippen LogP contribution is 2.13. The van der Waals surface area contributed by atoms with Crippen LogP contribution in [0.3, 0.4) is 0 Å². The fourth-order valence-corrected chi connectivity index (χ4v) is 1.63. The van der Waals surface area contributed by atoms with E-state index in [-0.39, 0.29) is 18.2 Å². The van der Waals surface area contributed by atoms with Gasteiger partial charge in [0.2, 0.25) is 0 Å². The number of halogens is 2. The second-order valence-electron chi connectivity index (χ2n) is 3.56. The molecule has 0 aromatic heterocycles. The first-order valence-corrected chi connectivity index (χ1v) is 4.96. The number of rotatable bonds is 3. The zero-order valence-corrected chi connectivity index (χ0v) is 9.23. The van der Waals surface area contributed by atoms with E-state index in [1.807, 2.05) is 0 Å². The summed E-state index contributed by atoms with van der Waals surface area (Å²) in [5.41, 5.74) is 0. The van der Waals surface area contributed by atoms with Gasteiger partial charge in [-0.05, 0) is 43.7 Å². The molecule has 1 aliphatic rings. The standard InChI is InChI=1S/C11H14FNO.ClH/c12-9-3-5-11(6-4-9)14-8-10-2-1-7-13-10;/h3-6,10,13H,1-2,7-8H2;1H. The van der Waals surface area contributed by atoms with Crippen molar-refractivity contribution in [2.45, 2.75) is 18.9 Å². The van der Waals surface area contributed by atoms with Crippen LogP contribution in [0.1, 0.15) is 12.8 Å². The first-order valence-electron chi connectivity index (χ1n) is 4.96. The summed E-state index contributed by atoms with van der Waals surface area (Å²) < 4.78 is 18.1. The number of benzene rings is 1. The molecule has 1 aromatic carbocycles. The molecule has 0 aliphatic carbocycles. The molecule has 84 valence electrons. The van der Waals surface area contributed by atoms with Crippen molar-refractivity contribution in [1.29, 1.82) is 0 Å². The van der Waals surface area contributed by atoms with E-state index >= 15 is 0 Å². The quantitative estimate of drug-likeness (QED) is 0.863. The van der Waals surface area contributed by atoms with Crippen LogP contribution in [-0.4, -0.2) is 19.2 Å². The third kappa shape index (κ3) is 3.68. The van der Waals surface area contributed by atoms with Crippen LogP contribution in [-0.2, 0) is 0 Å². The second kappa shape index (κ2) is 5.93. The fourth-order valence-electron chi connectivity index (χ4n) is 1.63. The van der Waals surface area contributed by atoms with E-state index in [1.54, 1.807) is 12.1 Å². The van der Waals surface area contributed by atoms with Crippen molar-refractivity contribution in [2.75, 3.05) is 13.2 Å². The Labute approximate surface area is 95.2 Å². The molecule has 1 aromatic rings. The lowest BCUT2D eigenvalue weighted by atomic mass is 10.2. The van der Waals surface area contributed by atoms with Gasteiger partial charge in [-0.25, -0.2) is 4.39 Å². The molecule has 15 heavy (non-hydrogen) atoms. The minimum absolute atomic E-state index is 0. The molecule has 0 spiro atoms. The average Bonchev–Trinajstić information content (AvgIpc) is 2.70. The summed E-state index contributed by atoms with van der Waals surface area (Å²) >= 11 is 0. The third-order valence-corrected chi connectivity index (χ3v) is 2.43. The summed E-state index contributed by atoms with van der Waals surface area (Å²) in [5.74, 6) is 0.511. The smallest absolute Gasteiger partial charge is 0.123 e. The number of ether oxygens (including phenoxy) is 1. The summed E-state index contributed by atoms with van der Waals surface area (Å²) in [6.07, 6.45) is 2.39. The SMILES string of the molecule is Cl.Fc1ccc(OCC2CCCN2)cc1. The molecule has 1 heterocycles. The molecular weight excluding hydrogens is 217 g/mol. The molecule has 4 heteroatoms. The summed E-state index contributed by atoms with van der Waals surface area (Å²) in [4.78, 5) is 0. The molecule has 1 unspecified atom stereocenters. The van der Waals surface area contributed by atoms with Gasteiger partial charge in [0.25, 0.3) is 0 Å². The second-order valence-corrected chi connectivity index (χ2v) is 3.56. The molecule has 0 amide bonds. The van der Waals surface area contributed by atoms with Crippen LogP contribution < -0.4 is 10.1 Å². The van der Waals surface area contributed by atoms with Gasteiger partial charge in [-0.1, -0.05) is 0 Å². The first-order chi connectivity index (χ1) is 6.84. The maximum Gasteiger partial charge on any atom is 0.123 e. The number of hydrogen-bond donors (Lipinski definition) is 1. The summed E-state index contributed by atoms with van der Waals surface area (Å²) in [6.45, 7) is 1.75. The molecule has 0 radical (unpaired) electrons. The summed E-state index contributed by atoms with van der Waals surface area (Å²) in [7, 11) is 0. The highest BCUT2D eigenvalue weighted by molar-refractivity contribution is 5.85. The van der Waals surface area contributed by atoms with Gasteiger partial charge in [0.05, 0.1) is 0 Å². The molecule has 0 bridgehead atoms. The van der Waals surface area contributed by atoms with Crippen LogP contribution in [0.5, 0.6) is 5.75 Å². The van der Waals surface area contributed by atoms with Gasteiger partial charge < -0.3 is 10.1 Å². The maximum absolute atomic E-state index is 12.6. The molecule has 1 N–H and O–H groups in total. The number of nitrogens with one attached hydrogen (secondary N) is 1. The predicted molar refractivity (Wildman–Crippen MR) is 60.2 cm³/mol. The lowest BCUT2D eigenvalue weighted by Gasteiger charge is -2.11. The Bertz CT molecular complexity index is 285. The highest BCUT2D eigenvalue weighted by atomic mass is 35.5. The lowest BCUT2D eigenvalue weighted by molar-refractivity contribution is 0.277. The van der Waals surface area contributed by atoms with Crippen molar-refractivity contribution in [2.24, 2.45) is 0 Å². The Balaban J connectivity index is 0.00000112. The third-order valence-electron chi connectivity index (χ3n) is 2.43. The van der Waals surface area contributed by atoms with E-state index < -0.39 is 0 Å². The van der Waals surface area contributed by atoms with Crippen LogP contribution >= 0.6 is 12.4 Å². The Morgan fingerprint density at radius 2 is 2.07 bits per heavy atom. The van der Waals surface area contributed by atoms with Gasteiger partial charge in [-0.3, -0.25) is 0 Å². The van der Waals surface area contributed by atoms with Crippen molar-refractivity contribution in [1.82, 2.24) is 5.32 Å². The van der Waals surface area contributed by atoms with Crippen molar-refractivity contribution in [3.63, 3.8) is 0 Å². The molecule has 1 saturated heterocycles. The van der Waals surface area contributed by atoms with Crippen molar-refractivity contribution in [3.05, 3.63) is 30.1 Å². The molecule has 0 saturated carbocycles. The van der Waals surface area contributed by atoms with Crippen LogP contribution in [0.2, 0.25) is 0 Å². The van der Waals surface area contributed by atoms with E-state index in [0.717, 1.165) is 12.3 Å². The molecular formula is C11H15ClFNO. The van der Waals surface area contributed by atoms with Crippen molar-refractivity contribution in [3.8, 4) is 5.75 Å². The molecule has 1 fully saturated rings. The molecule has 1 atom stereocenters. The molecule has 2 rings (SSSR count). The van der Waals surface area contributed by atoms with Gasteiger partial charge in [-0.2, -0.15) is 0 Å². The molecule has 1 aliphatic heterocycles. The monoisotopic (exact) mass is 231 g/mol. The van der Waals surface area contributed by atoms with Gasteiger partial charge in [0.1, 0.15) is 18.2 Å². The largest absolute Gasteiger partial charge is 0.492 e. The van der Waals surface area contributed by atoms with E-state index in [1.165, 1.54) is 25.0 Å². The Morgan fingerprint density at radius 3 is 2.67 bits per heavy atom. The van der Waals surface area contributed by atoms with Gasteiger partial charge in [0, 0.05) is 6.04 Å². The Hall–Kier alpha value is -0.800. The van der Waals surface area contributed by atoms with E-state index in [0.29, 0.717) is 12.6 Å². The number of hydrogen-bond acceptors (Lipinski definition) is 2. The molecule has 2 nitrogen and oxygen atoms in total. The first kappa shape index (κ1) is 12.3. The van der Waals surface area contributed by atoms with Crippen LogP contribution in [0.4, 0.5) is 4.39 Å². The van der Waals surface area contributed by atoms with Gasteiger partial charge >= 0.3 is 0 Å². The normalized spacial score (nSPS) is 19.7. The topological polar surface area (TPSA) is 21.3 Å². The van der Waals surface area contributed by atoms with E-state index in [9.17, 15) is 4.39 Å². The van der Waals surface area contributed by atoms with Gasteiger partial charge in [0.15, 0.2) is 0 Å². The van der Waals surface area contributed by atoms with E-state index in [2.05, 4.69) is 5.32 Å². The fraction of sp³-hybridized carbons (Fsp3) is 0.455. The average molecular weight is 232 g/mol. The van der Waals surface area contributed by atoms with E-state index in [4.69, 9.17) is 4.74 Å². The maximum atomic E-state index is 12.6. The zero-order valence-electron chi connectivity index (χ0n) is 8.41. The van der Waals surface area contributed by atoms with Crippen LogP contribution in [0.25, 0.3) is 0 Å². The summed E-state index contributed by atoms with van der Waals surface area (Å²) in [5, 5.41) is 3.34. The van der Waals surface area contributed by atoms with Crippen molar-refractivity contribution >= 4 is 12.4 Å². The lowest BCUT2D eigenvalue weighted by Crippen LogP contribution is -2.28. The van der Waals surface area contributed by atoms with Crippen LogP contribution in [0, 0.1) is 5.82 Å². The van der Waals surface area contributed by atoms with Crippen molar-refractivity contribution < 1.29 is 9.13 Å².